The highest BCUT2D eigenvalue weighted by atomic mass is 16.1. The van der Waals surface area contributed by atoms with Gasteiger partial charge in [0.25, 0.3) is 5.91 Å². The number of carbonyl (C=O) groups is 1. The van der Waals surface area contributed by atoms with Gasteiger partial charge in [-0.3, -0.25) is 4.79 Å². The predicted octanol–water partition coefficient (Wildman–Crippen LogP) is 2.66. The standard InChI is InChI=1S/C18H22N4O/c1-22-11-10-20-17(22)16(13-7-8-13)21-18(23)14-6-2-4-12-5-3-9-19-15(12)14/h2,4,6,10-11,13,16,19H,3,5,7-9H2,1H3,(H,21,23)/t16-/m1/s1. The lowest BCUT2D eigenvalue weighted by Gasteiger charge is -2.23. The molecule has 1 saturated carbocycles. The van der Waals surface area contributed by atoms with E-state index in [1.165, 1.54) is 5.56 Å². The van der Waals surface area contributed by atoms with Crippen LogP contribution in [-0.2, 0) is 13.5 Å². The van der Waals surface area contributed by atoms with Crippen LogP contribution in [0.15, 0.2) is 30.6 Å². The molecule has 0 unspecified atom stereocenters. The fourth-order valence-corrected chi connectivity index (χ4v) is 3.42. The van der Waals surface area contributed by atoms with Crippen molar-refractivity contribution in [3.8, 4) is 0 Å². The Bertz CT molecular complexity index is 732. The Balaban J connectivity index is 1.61. The molecule has 120 valence electrons. The second kappa shape index (κ2) is 5.72. The first-order chi connectivity index (χ1) is 11.2. The maximum absolute atomic E-state index is 12.9. The summed E-state index contributed by atoms with van der Waals surface area (Å²) in [6.45, 7) is 0.933. The van der Waals surface area contributed by atoms with E-state index >= 15 is 0 Å². The number of benzene rings is 1. The molecule has 0 bridgehead atoms. The number of hydrogen-bond donors (Lipinski definition) is 2. The summed E-state index contributed by atoms with van der Waals surface area (Å²) in [5, 5.41) is 6.62. The maximum Gasteiger partial charge on any atom is 0.253 e. The number of nitrogens with zero attached hydrogens (tertiary/aromatic N) is 2. The Morgan fingerprint density at radius 3 is 3.04 bits per heavy atom. The summed E-state index contributed by atoms with van der Waals surface area (Å²) in [4.78, 5) is 17.3. The minimum atomic E-state index is -0.00356. The van der Waals surface area contributed by atoms with Gasteiger partial charge in [0.2, 0.25) is 0 Å². The van der Waals surface area contributed by atoms with Gasteiger partial charge in [-0.1, -0.05) is 12.1 Å². The van der Waals surface area contributed by atoms with E-state index in [4.69, 9.17) is 0 Å². The normalized spacial score (nSPS) is 18.0. The van der Waals surface area contributed by atoms with E-state index in [0.29, 0.717) is 5.92 Å². The van der Waals surface area contributed by atoms with E-state index in [1.54, 1.807) is 6.20 Å². The monoisotopic (exact) mass is 310 g/mol. The molecule has 1 aromatic heterocycles. The van der Waals surface area contributed by atoms with Crippen molar-refractivity contribution in [2.75, 3.05) is 11.9 Å². The summed E-state index contributed by atoms with van der Waals surface area (Å²) in [6.07, 6.45) is 8.20. The molecule has 2 aliphatic rings. The highest BCUT2D eigenvalue weighted by Gasteiger charge is 2.36. The smallest absolute Gasteiger partial charge is 0.253 e. The van der Waals surface area contributed by atoms with E-state index < -0.39 is 0 Å². The average Bonchev–Trinajstić information content (AvgIpc) is 3.33. The molecule has 1 amide bonds. The van der Waals surface area contributed by atoms with Gasteiger partial charge in [0, 0.05) is 26.0 Å². The van der Waals surface area contributed by atoms with Gasteiger partial charge in [0.05, 0.1) is 17.3 Å². The number of rotatable bonds is 4. The van der Waals surface area contributed by atoms with Crippen LogP contribution < -0.4 is 10.6 Å². The van der Waals surface area contributed by atoms with Gasteiger partial charge in [-0.05, 0) is 43.2 Å². The molecule has 1 atom stereocenters. The summed E-state index contributed by atoms with van der Waals surface area (Å²) in [6, 6.07) is 6.00. The minimum Gasteiger partial charge on any atom is -0.384 e. The molecule has 1 aromatic carbocycles. The zero-order valence-corrected chi connectivity index (χ0v) is 13.4. The molecular weight excluding hydrogens is 288 g/mol. The van der Waals surface area contributed by atoms with Crippen molar-refractivity contribution in [1.82, 2.24) is 14.9 Å². The number of imidazole rings is 1. The van der Waals surface area contributed by atoms with E-state index in [1.807, 2.05) is 29.9 Å². The highest BCUT2D eigenvalue weighted by Crippen LogP contribution is 2.40. The molecular formula is C18H22N4O. The van der Waals surface area contributed by atoms with Crippen molar-refractivity contribution in [3.05, 3.63) is 47.5 Å². The summed E-state index contributed by atoms with van der Waals surface area (Å²) in [5.74, 6) is 1.45. The fourth-order valence-electron chi connectivity index (χ4n) is 3.42. The summed E-state index contributed by atoms with van der Waals surface area (Å²) >= 11 is 0. The molecule has 2 heterocycles. The minimum absolute atomic E-state index is 0.00180. The lowest BCUT2D eigenvalue weighted by molar-refractivity contribution is 0.0929. The Kier molecular flexibility index (Phi) is 3.56. The van der Waals surface area contributed by atoms with Crippen molar-refractivity contribution >= 4 is 11.6 Å². The molecule has 1 fully saturated rings. The molecule has 1 aliphatic carbocycles. The number of amides is 1. The van der Waals surface area contributed by atoms with E-state index in [0.717, 1.165) is 49.3 Å². The van der Waals surface area contributed by atoms with Gasteiger partial charge in [0.1, 0.15) is 5.82 Å². The van der Waals surface area contributed by atoms with Gasteiger partial charge in [-0.25, -0.2) is 4.98 Å². The molecule has 0 spiro atoms. The number of nitrogens with one attached hydrogen (secondary N) is 2. The van der Waals surface area contributed by atoms with Gasteiger partial charge in [-0.15, -0.1) is 0 Å². The number of anilines is 1. The second-order valence-electron chi connectivity index (χ2n) is 6.55. The SMILES string of the molecule is Cn1ccnc1[C@H](NC(=O)c1cccc2c1NCCC2)C1CC1. The highest BCUT2D eigenvalue weighted by molar-refractivity contribution is 6.00. The number of fused-ring (bicyclic) bond motifs is 1. The van der Waals surface area contributed by atoms with E-state index in [9.17, 15) is 4.79 Å². The molecule has 1 aliphatic heterocycles. The van der Waals surface area contributed by atoms with Crippen molar-refractivity contribution in [3.63, 3.8) is 0 Å². The Labute approximate surface area is 136 Å². The largest absolute Gasteiger partial charge is 0.384 e. The van der Waals surface area contributed by atoms with Crippen molar-refractivity contribution in [2.45, 2.75) is 31.7 Å². The van der Waals surface area contributed by atoms with Crippen LogP contribution in [0.25, 0.3) is 0 Å². The van der Waals surface area contributed by atoms with E-state index in [-0.39, 0.29) is 11.9 Å². The van der Waals surface area contributed by atoms with Gasteiger partial charge < -0.3 is 15.2 Å². The molecule has 0 saturated heterocycles. The van der Waals surface area contributed by atoms with Crippen LogP contribution >= 0.6 is 0 Å². The third-order valence-electron chi connectivity index (χ3n) is 4.84. The molecule has 5 nitrogen and oxygen atoms in total. The number of aromatic nitrogens is 2. The van der Waals surface area contributed by atoms with Crippen LogP contribution in [0, 0.1) is 5.92 Å². The topological polar surface area (TPSA) is 59.0 Å². The molecule has 0 radical (unpaired) electrons. The predicted molar refractivity (Wildman–Crippen MR) is 89.4 cm³/mol. The van der Waals surface area contributed by atoms with Crippen LogP contribution in [0.1, 0.15) is 47.1 Å². The Morgan fingerprint density at radius 1 is 1.43 bits per heavy atom. The van der Waals surface area contributed by atoms with Crippen molar-refractivity contribution < 1.29 is 4.79 Å². The van der Waals surface area contributed by atoms with Crippen LogP contribution in [0.4, 0.5) is 5.69 Å². The van der Waals surface area contributed by atoms with Crippen LogP contribution in [0.5, 0.6) is 0 Å². The number of hydrogen-bond acceptors (Lipinski definition) is 3. The number of para-hydroxylation sites is 1. The third kappa shape index (κ3) is 2.71. The number of aryl methyl sites for hydroxylation is 2. The van der Waals surface area contributed by atoms with Crippen molar-refractivity contribution in [1.29, 1.82) is 0 Å². The first kappa shape index (κ1) is 14.3. The van der Waals surface area contributed by atoms with Crippen LogP contribution in [0.2, 0.25) is 0 Å². The Morgan fingerprint density at radius 2 is 2.30 bits per heavy atom. The van der Waals surface area contributed by atoms with Crippen molar-refractivity contribution in [2.24, 2.45) is 13.0 Å². The summed E-state index contributed by atoms with van der Waals surface area (Å²) < 4.78 is 2.00. The van der Waals surface area contributed by atoms with E-state index in [2.05, 4.69) is 21.7 Å². The lowest BCUT2D eigenvalue weighted by Crippen LogP contribution is -2.32. The third-order valence-corrected chi connectivity index (χ3v) is 4.84. The molecule has 5 heteroatoms. The maximum atomic E-state index is 12.9. The zero-order chi connectivity index (χ0) is 15.8. The zero-order valence-electron chi connectivity index (χ0n) is 13.4. The molecule has 2 N–H and O–H groups in total. The lowest BCUT2D eigenvalue weighted by atomic mass is 9.98. The van der Waals surface area contributed by atoms with Crippen LogP contribution in [-0.4, -0.2) is 22.0 Å². The number of carbonyl (C=O) groups excluding carboxylic acids is 1. The first-order valence-electron chi connectivity index (χ1n) is 8.38. The van der Waals surface area contributed by atoms with Crippen LogP contribution in [0.3, 0.4) is 0 Å². The average molecular weight is 310 g/mol. The molecule has 4 rings (SSSR count). The summed E-state index contributed by atoms with van der Waals surface area (Å²) in [5.41, 5.74) is 3.00. The second-order valence-corrected chi connectivity index (χ2v) is 6.55. The molecule has 23 heavy (non-hydrogen) atoms. The van der Waals surface area contributed by atoms with Gasteiger partial charge >= 0.3 is 0 Å². The van der Waals surface area contributed by atoms with Gasteiger partial charge in [0.15, 0.2) is 0 Å². The Hall–Kier alpha value is -2.30. The summed E-state index contributed by atoms with van der Waals surface area (Å²) in [7, 11) is 1.98. The quantitative estimate of drug-likeness (QED) is 0.913. The van der Waals surface area contributed by atoms with Gasteiger partial charge in [-0.2, -0.15) is 0 Å². The first-order valence-corrected chi connectivity index (χ1v) is 8.38. The fraction of sp³-hybridized carbons (Fsp3) is 0.444. The molecule has 2 aromatic rings.